The van der Waals surface area contributed by atoms with Crippen LogP contribution in [0.3, 0.4) is 0 Å². The van der Waals surface area contributed by atoms with Gasteiger partial charge in [-0.05, 0) is 24.6 Å². The number of benzene rings is 1. The van der Waals surface area contributed by atoms with E-state index < -0.39 is 0 Å². The topological polar surface area (TPSA) is 20.2 Å². The van der Waals surface area contributed by atoms with Crippen LogP contribution in [0.4, 0.5) is 0 Å². The van der Waals surface area contributed by atoms with Crippen molar-refractivity contribution in [2.75, 3.05) is 0 Å². The van der Waals surface area contributed by atoms with E-state index in [1.165, 1.54) is 0 Å². The summed E-state index contributed by atoms with van der Waals surface area (Å²) in [5, 5.41) is 8.90. The third-order valence-corrected chi connectivity index (χ3v) is 1.25. The molecule has 0 aromatic heterocycles. The first-order valence-electron chi connectivity index (χ1n) is 3.24. The average molecular weight is 171 g/mol. The Morgan fingerprint density at radius 2 is 1.73 bits per heavy atom. The van der Waals surface area contributed by atoms with Gasteiger partial charge in [0.1, 0.15) is 5.75 Å². The monoisotopic (exact) mass is 170 g/mol. The van der Waals surface area contributed by atoms with E-state index in [1.807, 2.05) is 31.2 Å². The van der Waals surface area contributed by atoms with Gasteiger partial charge >= 0.3 is 0 Å². The summed E-state index contributed by atoms with van der Waals surface area (Å²) in [7, 11) is 0. The van der Waals surface area contributed by atoms with Gasteiger partial charge in [0.25, 0.3) is 0 Å². The van der Waals surface area contributed by atoms with Crippen LogP contribution in [-0.4, -0.2) is 5.11 Å². The van der Waals surface area contributed by atoms with Crippen LogP contribution in [0.2, 0.25) is 0 Å². The third kappa shape index (κ3) is 3.10. The van der Waals surface area contributed by atoms with Crippen LogP contribution in [0.5, 0.6) is 5.75 Å². The van der Waals surface area contributed by atoms with Crippen LogP contribution in [0.1, 0.15) is 12.5 Å². The number of hydrogen-bond acceptors (Lipinski definition) is 1. The highest BCUT2D eigenvalue weighted by molar-refractivity contribution is 5.85. The molecular formula is C9H11ClO. The largest absolute Gasteiger partial charge is 0.508 e. The molecule has 1 aromatic carbocycles. The maximum absolute atomic E-state index is 8.90. The van der Waals surface area contributed by atoms with Crippen molar-refractivity contribution in [2.45, 2.75) is 6.92 Å². The molecule has 1 N–H and O–H groups in total. The lowest BCUT2D eigenvalue weighted by atomic mass is 10.2. The normalized spacial score (nSPS) is 9.55. The molecule has 0 fully saturated rings. The highest BCUT2D eigenvalue weighted by Gasteiger charge is 1.85. The first kappa shape index (κ1) is 10.0. The van der Waals surface area contributed by atoms with E-state index in [2.05, 4.69) is 0 Å². The van der Waals surface area contributed by atoms with Crippen molar-refractivity contribution in [1.82, 2.24) is 0 Å². The highest BCUT2D eigenvalue weighted by atomic mass is 35.5. The van der Waals surface area contributed by atoms with Crippen LogP contribution in [0, 0.1) is 0 Å². The molecular weight excluding hydrogens is 160 g/mol. The zero-order chi connectivity index (χ0) is 7.40. The number of phenols is 1. The average Bonchev–Trinajstić information content (AvgIpc) is 1.95. The fourth-order valence-corrected chi connectivity index (χ4v) is 0.778. The molecule has 0 bridgehead atoms. The Kier molecular flexibility index (Phi) is 4.39. The Morgan fingerprint density at radius 3 is 2.18 bits per heavy atom. The smallest absolute Gasteiger partial charge is 0.115 e. The number of allylic oxidation sites excluding steroid dienone is 1. The molecule has 0 aliphatic heterocycles. The first-order valence-corrected chi connectivity index (χ1v) is 3.24. The molecule has 2 heteroatoms. The van der Waals surface area contributed by atoms with Gasteiger partial charge in [-0.2, -0.15) is 0 Å². The molecule has 1 rings (SSSR count). The second-order valence-electron chi connectivity index (χ2n) is 2.09. The SMILES string of the molecule is C/C=C/c1ccc(O)cc1.Cl. The predicted molar refractivity (Wildman–Crippen MR) is 50.1 cm³/mol. The van der Waals surface area contributed by atoms with Crippen LogP contribution in [-0.2, 0) is 0 Å². The van der Waals surface area contributed by atoms with Crippen molar-refractivity contribution >= 4 is 18.5 Å². The summed E-state index contributed by atoms with van der Waals surface area (Å²) in [6.45, 7) is 1.97. The van der Waals surface area contributed by atoms with Crippen molar-refractivity contribution in [3.63, 3.8) is 0 Å². The minimum Gasteiger partial charge on any atom is -0.508 e. The minimum atomic E-state index is 0. The van der Waals surface area contributed by atoms with Crippen LogP contribution < -0.4 is 0 Å². The Balaban J connectivity index is 0.000001000. The van der Waals surface area contributed by atoms with Crippen molar-refractivity contribution in [3.8, 4) is 5.75 Å². The van der Waals surface area contributed by atoms with E-state index in [-0.39, 0.29) is 12.4 Å². The van der Waals surface area contributed by atoms with Gasteiger partial charge in [0.2, 0.25) is 0 Å². The maximum atomic E-state index is 8.90. The Hall–Kier alpha value is -0.950. The van der Waals surface area contributed by atoms with Crippen molar-refractivity contribution in [2.24, 2.45) is 0 Å². The van der Waals surface area contributed by atoms with E-state index >= 15 is 0 Å². The summed E-state index contributed by atoms with van der Waals surface area (Å²) in [5.74, 6) is 0.313. The highest BCUT2D eigenvalue weighted by Crippen LogP contribution is 2.10. The molecule has 1 aromatic rings. The minimum absolute atomic E-state index is 0. The molecule has 0 atom stereocenters. The van der Waals surface area contributed by atoms with E-state index in [4.69, 9.17) is 5.11 Å². The molecule has 0 unspecified atom stereocenters. The number of phenolic OH excluding ortho intramolecular Hbond substituents is 1. The molecule has 0 aliphatic carbocycles. The lowest BCUT2D eigenvalue weighted by Gasteiger charge is -1.91. The summed E-state index contributed by atoms with van der Waals surface area (Å²) in [5.41, 5.74) is 1.11. The first-order chi connectivity index (χ1) is 4.83. The van der Waals surface area contributed by atoms with E-state index in [1.54, 1.807) is 12.1 Å². The molecule has 1 nitrogen and oxygen atoms in total. The third-order valence-electron chi connectivity index (χ3n) is 1.25. The van der Waals surface area contributed by atoms with Gasteiger partial charge in [0, 0.05) is 0 Å². The Morgan fingerprint density at radius 1 is 1.18 bits per heavy atom. The van der Waals surface area contributed by atoms with Crippen molar-refractivity contribution in [3.05, 3.63) is 35.9 Å². The number of hydrogen-bond donors (Lipinski definition) is 1. The summed E-state index contributed by atoms with van der Waals surface area (Å²) in [4.78, 5) is 0. The van der Waals surface area contributed by atoms with Gasteiger partial charge in [0.15, 0.2) is 0 Å². The Bertz CT molecular complexity index is 226. The van der Waals surface area contributed by atoms with Gasteiger partial charge < -0.3 is 5.11 Å². The summed E-state index contributed by atoms with van der Waals surface area (Å²) < 4.78 is 0. The lowest BCUT2D eigenvalue weighted by molar-refractivity contribution is 0.475. The second-order valence-corrected chi connectivity index (χ2v) is 2.09. The fraction of sp³-hybridized carbons (Fsp3) is 0.111. The van der Waals surface area contributed by atoms with Crippen LogP contribution in [0.25, 0.3) is 6.08 Å². The number of rotatable bonds is 1. The Labute approximate surface area is 72.8 Å². The maximum Gasteiger partial charge on any atom is 0.115 e. The van der Waals surface area contributed by atoms with E-state index in [0.29, 0.717) is 5.75 Å². The zero-order valence-corrected chi connectivity index (χ0v) is 7.14. The summed E-state index contributed by atoms with van der Waals surface area (Å²) in [6, 6.07) is 7.09. The quantitative estimate of drug-likeness (QED) is 0.687. The van der Waals surface area contributed by atoms with Gasteiger partial charge in [-0.25, -0.2) is 0 Å². The molecule has 0 amide bonds. The molecule has 0 aliphatic rings. The van der Waals surface area contributed by atoms with Gasteiger partial charge in [-0.1, -0.05) is 24.3 Å². The van der Waals surface area contributed by atoms with Crippen molar-refractivity contribution in [1.29, 1.82) is 0 Å². The molecule has 0 saturated heterocycles. The molecule has 0 heterocycles. The molecule has 0 radical (unpaired) electrons. The number of halogens is 1. The van der Waals surface area contributed by atoms with Gasteiger partial charge in [0.05, 0.1) is 0 Å². The van der Waals surface area contributed by atoms with E-state index in [0.717, 1.165) is 5.56 Å². The lowest BCUT2D eigenvalue weighted by Crippen LogP contribution is -1.68. The number of aromatic hydroxyl groups is 1. The van der Waals surface area contributed by atoms with Gasteiger partial charge in [-0.3, -0.25) is 0 Å². The van der Waals surface area contributed by atoms with E-state index in [9.17, 15) is 0 Å². The van der Waals surface area contributed by atoms with Crippen molar-refractivity contribution < 1.29 is 5.11 Å². The predicted octanol–water partition coefficient (Wildman–Crippen LogP) is 2.85. The fourth-order valence-electron chi connectivity index (χ4n) is 0.778. The second kappa shape index (κ2) is 4.80. The van der Waals surface area contributed by atoms with Crippen LogP contribution >= 0.6 is 12.4 Å². The van der Waals surface area contributed by atoms with Gasteiger partial charge in [-0.15, -0.1) is 12.4 Å². The zero-order valence-electron chi connectivity index (χ0n) is 6.32. The molecule has 11 heavy (non-hydrogen) atoms. The summed E-state index contributed by atoms with van der Waals surface area (Å²) >= 11 is 0. The molecule has 0 spiro atoms. The molecule has 0 saturated carbocycles. The summed E-state index contributed by atoms with van der Waals surface area (Å²) in [6.07, 6.45) is 3.95. The standard InChI is InChI=1S/C9H10O.ClH/c1-2-3-8-4-6-9(10)7-5-8;/h2-7,10H,1H3;1H/b3-2+;. The van der Waals surface area contributed by atoms with Crippen LogP contribution in [0.15, 0.2) is 30.3 Å². The molecule has 60 valence electrons.